The zero-order valence-electron chi connectivity index (χ0n) is 13.3. The maximum Gasteiger partial charge on any atom is 0.240 e. The summed E-state index contributed by atoms with van der Waals surface area (Å²) in [6.45, 7) is 0.146. The van der Waals surface area contributed by atoms with Gasteiger partial charge in [-0.2, -0.15) is 0 Å². The molecule has 0 fully saturated rings. The van der Waals surface area contributed by atoms with Gasteiger partial charge in [-0.25, -0.2) is 21.6 Å². The Balaban J connectivity index is 1.78. The maximum atomic E-state index is 12.4. The molecule has 9 heteroatoms. The minimum Gasteiger partial charge on any atom is -0.315 e. The fraction of sp³-hybridized carbons (Fsp3) is 0.125. The first kappa shape index (κ1) is 17.9. The van der Waals surface area contributed by atoms with E-state index in [1.54, 1.807) is 0 Å². The Labute approximate surface area is 150 Å². The second kappa shape index (κ2) is 6.75. The summed E-state index contributed by atoms with van der Waals surface area (Å²) in [7, 11) is -7.09. The van der Waals surface area contributed by atoms with Crippen LogP contribution < -0.4 is 4.72 Å². The van der Waals surface area contributed by atoms with Gasteiger partial charge >= 0.3 is 0 Å². The van der Waals surface area contributed by atoms with Gasteiger partial charge < -0.3 is 4.57 Å². The molecule has 0 unspecified atom stereocenters. The van der Waals surface area contributed by atoms with E-state index in [9.17, 15) is 16.8 Å². The van der Waals surface area contributed by atoms with Gasteiger partial charge in [0.15, 0.2) is 9.84 Å². The maximum absolute atomic E-state index is 12.4. The molecule has 0 bridgehead atoms. The monoisotopic (exact) mass is 396 g/mol. The van der Waals surface area contributed by atoms with Crippen LogP contribution in [0.5, 0.6) is 0 Å². The number of hydrogen-bond donors (Lipinski definition) is 1. The number of hydrogen-bond acceptors (Lipinski definition) is 5. The van der Waals surface area contributed by atoms with E-state index in [-0.39, 0.29) is 16.3 Å². The minimum absolute atomic E-state index is 0.0256. The number of nitrogens with zero attached hydrogens (tertiary/aromatic N) is 1. The van der Waals surface area contributed by atoms with Crippen LogP contribution in [0.3, 0.4) is 0 Å². The Morgan fingerprint density at radius 3 is 2.16 bits per heavy atom. The average molecular weight is 397 g/mol. The van der Waals surface area contributed by atoms with Crippen LogP contribution in [0, 0.1) is 0 Å². The molecule has 0 aliphatic heterocycles. The van der Waals surface area contributed by atoms with Crippen molar-refractivity contribution < 1.29 is 16.8 Å². The first-order chi connectivity index (χ1) is 11.8. The Morgan fingerprint density at radius 1 is 0.960 bits per heavy atom. The number of benzene rings is 1. The molecule has 132 valence electrons. The summed E-state index contributed by atoms with van der Waals surface area (Å²) in [4.78, 5) is 0.108. The largest absolute Gasteiger partial charge is 0.315 e. The number of nitrogens with one attached hydrogen (secondary N) is 1. The molecule has 25 heavy (non-hydrogen) atoms. The Kier molecular flexibility index (Phi) is 4.83. The summed E-state index contributed by atoms with van der Waals surface area (Å²) in [5.74, 6) is 0. The third kappa shape index (κ3) is 4.01. The normalized spacial score (nSPS) is 12.4. The van der Waals surface area contributed by atoms with Crippen molar-refractivity contribution in [3.63, 3.8) is 0 Å². The van der Waals surface area contributed by atoms with Crippen molar-refractivity contribution in [3.8, 4) is 5.00 Å². The van der Waals surface area contributed by atoms with E-state index < -0.39 is 19.9 Å². The van der Waals surface area contributed by atoms with Crippen molar-refractivity contribution in [1.82, 2.24) is 9.29 Å². The van der Waals surface area contributed by atoms with Crippen molar-refractivity contribution in [3.05, 3.63) is 65.8 Å². The van der Waals surface area contributed by atoms with E-state index in [0.29, 0.717) is 0 Å². The highest BCUT2D eigenvalue weighted by Crippen LogP contribution is 2.22. The number of thiophene rings is 1. The first-order valence-corrected chi connectivity index (χ1v) is 11.5. The summed E-state index contributed by atoms with van der Waals surface area (Å²) in [6.07, 6.45) is 4.87. The zero-order valence-corrected chi connectivity index (χ0v) is 15.7. The van der Waals surface area contributed by atoms with Crippen molar-refractivity contribution in [1.29, 1.82) is 0 Å². The smallest absolute Gasteiger partial charge is 0.240 e. The van der Waals surface area contributed by atoms with Crippen LogP contribution >= 0.6 is 11.3 Å². The Hall–Kier alpha value is -1.94. The van der Waals surface area contributed by atoms with Gasteiger partial charge in [0.2, 0.25) is 10.0 Å². The van der Waals surface area contributed by atoms with E-state index >= 15 is 0 Å². The van der Waals surface area contributed by atoms with Gasteiger partial charge in [-0.05, 0) is 47.8 Å². The van der Waals surface area contributed by atoms with E-state index in [2.05, 4.69) is 4.72 Å². The van der Waals surface area contributed by atoms with Gasteiger partial charge in [0.05, 0.1) is 9.79 Å². The molecule has 2 heterocycles. The van der Waals surface area contributed by atoms with E-state index in [4.69, 9.17) is 0 Å². The van der Waals surface area contributed by atoms with Gasteiger partial charge in [-0.3, -0.25) is 0 Å². The molecule has 3 aromatic rings. The average Bonchev–Trinajstić information content (AvgIpc) is 3.23. The summed E-state index contributed by atoms with van der Waals surface area (Å²) >= 11 is 1.52. The quantitative estimate of drug-likeness (QED) is 0.693. The molecule has 0 saturated carbocycles. The van der Waals surface area contributed by atoms with Gasteiger partial charge in [0.25, 0.3) is 0 Å². The third-order valence-corrected chi connectivity index (χ3v) is 7.09. The minimum atomic E-state index is -3.73. The highest BCUT2D eigenvalue weighted by Gasteiger charge is 2.16. The fourth-order valence-electron chi connectivity index (χ4n) is 2.28. The number of aromatic nitrogens is 1. The SMILES string of the molecule is CS(=O)(=O)c1ccc(S(=O)(=O)NCc2ccsc2-n2cccc2)cc1. The summed E-state index contributed by atoms with van der Waals surface area (Å²) in [5.41, 5.74) is 0.859. The van der Waals surface area contributed by atoms with Crippen LogP contribution in [0.2, 0.25) is 0 Å². The molecule has 6 nitrogen and oxygen atoms in total. The zero-order chi connectivity index (χ0) is 18.1. The number of sulfonamides is 1. The fourth-order valence-corrected chi connectivity index (χ4v) is 4.81. The molecule has 0 spiro atoms. The van der Waals surface area contributed by atoms with Gasteiger partial charge in [0, 0.05) is 30.8 Å². The second-order valence-electron chi connectivity index (χ2n) is 5.41. The predicted molar refractivity (Wildman–Crippen MR) is 97.2 cm³/mol. The molecular formula is C16H16N2O4S3. The molecule has 3 rings (SSSR count). The molecule has 1 aromatic carbocycles. The summed E-state index contributed by atoms with van der Waals surface area (Å²) < 4.78 is 52.2. The van der Waals surface area contributed by atoms with Crippen molar-refractivity contribution >= 4 is 31.2 Å². The van der Waals surface area contributed by atoms with Crippen LogP contribution in [0.25, 0.3) is 5.00 Å². The highest BCUT2D eigenvalue weighted by molar-refractivity contribution is 7.90. The molecule has 0 amide bonds. The lowest BCUT2D eigenvalue weighted by molar-refractivity contribution is 0.580. The van der Waals surface area contributed by atoms with Gasteiger partial charge in [-0.15, -0.1) is 11.3 Å². The topological polar surface area (TPSA) is 85.2 Å². The van der Waals surface area contributed by atoms with E-state index in [1.807, 2.05) is 40.5 Å². The molecule has 1 N–H and O–H groups in total. The number of sulfone groups is 1. The van der Waals surface area contributed by atoms with E-state index in [0.717, 1.165) is 16.8 Å². The lowest BCUT2D eigenvalue weighted by atomic mass is 10.3. The summed E-state index contributed by atoms with van der Waals surface area (Å²) in [6, 6.07) is 10.8. The molecule has 0 radical (unpaired) electrons. The molecule has 0 atom stereocenters. The second-order valence-corrected chi connectivity index (χ2v) is 10.1. The molecule has 0 aliphatic rings. The number of rotatable bonds is 6. The van der Waals surface area contributed by atoms with Crippen molar-refractivity contribution in [2.45, 2.75) is 16.3 Å². The molecular weight excluding hydrogens is 380 g/mol. The molecule has 2 aromatic heterocycles. The van der Waals surface area contributed by atoms with E-state index in [1.165, 1.54) is 35.6 Å². The van der Waals surface area contributed by atoms with Gasteiger partial charge in [-0.1, -0.05) is 0 Å². The van der Waals surface area contributed by atoms with Crippen molar-refractivity contribution in [2.24, 2.45) is 0 Å². The standard InChI is InChI=1S/C16H16N2O4S3/c1-24(19,20)14-4-6-15(7-5-14)25(21,22)17-12-13-8-11-23-16(13)18-9-2-3-10-18/h2-11,17H,12H2,1H3. The summed E-state index contributed by atoms with van der Waals surface area (Å²) in [5, 5.41) is 2.85. The van der Waals surface area contributed by atoms with Crippen LogP contribution in [0.4, 0.5) is 0 Å². The van der Waals surface area contributed by atoms with Crippen LogP contribution in [-0.2, 0) is 26.4 Å². The third-order valence-electron chi connectivity index (χ3n) is 3.58. The van der Waals surface area contributed by atoms with Crippen LogP contribution in [0.1, 0.15) is 5.56 Å². The lowest BCUT2D eigenvalue weighted by Crippen LogP contribution is -2.23. The lowest BCUT2D eigenvalue weighted by Gasteiger charge is -2.09. The van der Waals surface area contributed by atoms with Gasteiger partial charge in [0.1, 0.15) is 5.00 Å². The van der Waals surface area contributed by atoms with Crippen LogP contribution in [0.15, 0.2) is 70.0 Å². The molecule has 0 aliphatic carbocycles. The Bertz CT molecular complexity index is 1060. The predicted octanol–water partition coefficient (Wildman–Crippen LogP) is 2.42. The highest BCUT2D eigenvalue weighted by atomic mass is 32.2. The van der Waals surface area contributed by atoms with Crippen molar-refractivity contribution in [2.75, 3.05) is 6.26 Å². The Morgan fingerprint density at radius 2 is 1.56 bits per heavy atom. The molecule has 0 saturated heterocycles. The first-order valence-electron chi connectivity index (χ1n) is 7.27. The van der Waals surface area contributed by atoms with Crippen LogP contribution in [-0.4, -0.2) is 27.7 Å².